The van der Waals surface area contributed by atoms with Crippen molar-refractivity contribution in [2.75, 3.05) is 36.1 Å². The molecule has 4 rings (SSSR count). The SMILES string of the molecule is CC1(C)C(=CC=C(Br)C=CC2N(CCCCCCO)c3ccccc3C2(C)C)N(CCCCCCO)c2ccccc21. The maximum Gasteiger partial charge on any atom is 0.0568 e. The lowest BCUT2D eigenvalue weighted by Gasteiger charge is -2.32. The van der Waals surface area contributed by atoms with E-state index in [0.29, 0.717) is 0 Å². The first-order chi connectivity index (χ1) is 20.2. The van der Waals surface area contributed by atoms with Crippen molar-refractivity contribution < 1.29 is 10.2 Å². The van der Waals surface area contributed by atoms with Gasteiger partial charge >= 0.3 is 0 Å². The first kappa shape index (κ1) is 32.6. The molecule has 1 atom stereocenters. The number of hydrogen-bond acceptors (Lipinski definition) is 4. The van der Waals surface area contributed by atoms with Crippen molar-refractivity contribution in [3.8, 4) is 0 Å². The molecule has 1 unspecified atom stereocenters. The first-order valence-electron chi connectivity index (χ1n) is 15.9. The Kier molecular flexibility index (Phi) is 11.6. The molecule has 0 aliphatic carbocycles. The van der Waals surface area contributed by atoms with Gasteiger partial charge in [0.05, 0.1) is 6.04 Å². The summed E-state index contributed by atoms with van der Waals surface area (Å²) < 4.78 is 1.07. The normalized spacial score (nSPS) is 20.1. The number of aliphatic hydroxyl groups is 2. The van der Waals surface area contributed by atoms with Crippen LogP contribution in [0.3, 0.4) is 0 Å². The minimum absolute atomic E-state index is 0.00580. The van der Waals surface area contributed by atoms with Crippen LogP contribution in [-0.2, 0) is 10.8 Å². The molecule has 0 saturated heterocycles. The summed E-state index contributed by atoms with van der Waals surface area (Å²) in [6.07, 6.45) is 17.6. The molecule has 0 aromatic heterocycles. The fourth-order valence-electron chi connectivity index (χ4n) is 6.83. The van der Waals surface area contributed by atoms with E-state index in [9.17, 15) is 0 Å². The first-order valence-corrected chi connectivity index (χ1v) is 16.7. The molecular formula is C37H51BrN2O2. The van der Waals surface area contributed by atoms with E-state index in [-0.39, 0.29) is 30.1 Å². The van der Waals surface area contributed by atoms with Gasteiger partial charge in [0, 0.05) is 58.7 Å². The monoisotopic (exact) mass is 634 g/mol. The number of fused-ring (bicyclic) bond motifs is 2. The van der Waals surface area contributed by atoms with Crippen LogP contribution < -0.4 is 9.80 Å². The van der Waals surface area contributed by atoms with Crippen LogP contribution in [0, 0.1) is 0 Å². The molecule has 0 radical (unpaired) electrons. The number of rotatable bonds is 15. The van der Waals surface area contributed by atoms with Gasteiger partial charge in [-0.15, -0.1) is 0 Å². The number of benzene rings is 2. The molecule has 42 heavy (non-hydrogen) atoms. The smallest absolute Gasteiger partial charge is 0.0568 e. The number of nitrogens with zero attached hydrogens (tertiary/aromatic N) is 2. The van der Waals surface area contributed by atoms with E-state index >= 15 is 0 Å². The zero-order valence-corrected chi connectivity index (χ0v) is 27.7. The maximum atomic E-state index is 9.16. The highest BCUT2D eigenvalue weighted by Crippen LogP contribution is 2.48. The topological polar surface area (TPSA) is 46.9 Å². The van der Waals surface area contributed by atoms with Crippen LogP contribution in [0.2, 0.25) is 0 Å². The summed E-state index contributed by atoms with van der Waals surface area (Å²) in [5.74, 6) is 0. The van der Waals surface area contributed by atoms with Crippen molar-refractivity contribution in [3.05, 3.63) is 94.1 Å². The van der Waals surface area contributed by atoms with Crippen molar-refractivity contribution >= 4 is 27.3 Å². The summed E-state index contributed by atoms with van der Waals surface area (Å²) in [7, 11) is 0. The molecule has 2 N–H and O–H groups in total. The summed E-state index contributed by atoms with van der Waals surface area (Å²) in [5, 5.41) is 18.3. The quantitative estimate of drug-likeness (QED) is 0.152. The average molecular weight is 636 g/mol. The predicted molar refractivity (Wildman–Crippen MR) is 183 cm³/mol. The number of allylic oxidation sites excluding steroid dienone is 5. The van der Waals surface area contributed by atoms with Crippen LogP contribution in [0.1, 0.15) is 90.2 Å². The molecule has 0 bridgehead atoms. The van der Waals surface area contributed by atoms with Gasteiger partial charge in [-0.25, -0.2) is 0 Å². The van der Waals surface area contributed by atoms with Gasteiger partial charge in [0.25, 0.3) is 0 Å². The number of para-hydroxylation sites is 2. The number of halogens is 1. The molecule has 2 aliphatic rings. The van der Waals surface area contributed by atoms with Crippen LogP contribution in [0.25, 0.3) is 0 Å². The molecular weight excluding hydrogens is 584 g/mol. The van der Waals surface area contributed by atoms with Crippen LogP contribution in [0.4, 0.5) is 11.4 Å². The Morgan fingerprint density at radius 3 is 2.00 bits per heavy atom. The molecule has 2 aliphatic heterocycles. The lowest BCUT2D eigenvalue weighted by molar-refractivity contribution is 0.282. The third-order valence-electron chi connectivity index (χ3n) is 9.22. The number of anilines is 2. The largest absolute Gasteiger partial charge is 0.396 e. The third-order valence-corrected chi connectivity index (χ3v) is 9.75. The summed E-state index contributed by atoms with van der Waals surface area (Å²) in [5.41, 5.74) is 6.72. The average Bonchev–Trinajstić information content (AvgIpc) is 3.33. The molecule has 0 saturated carbocycles. The van der Waals surface area contributed by atoms with E-state index in [1.807, 2.05) is 0 Å². The van der Waals surface area contributed by atoms with Crippen molar-refractivity contribution in [1.82, 2.24) is 0 Å². The summed E-state index contributed by atoms with van der Waals surface area (Å²) in [6, 6.07) is 18.0. The molecule has 0 spiro atoms. The van der Waals surface area contributed by atoms with Crippen molar-refractivity contribution in [2.45, 2.75) is 95.9 Å². The van der Waals surface area contributed by atoms with Gasteiger partial charge < -0.3 is 20.0 Å². The highest BCUT2D eigenvalue weighted by atomic mass is 79.9. The molecule has 2 aromatic rings. The van der Waals surface area contributed by atoms with Crippen molar-refractivity contribution in [1.29, 1.82) is 0 Å². The van der Waals surface area contributed by atoms with Gasteiger partial charge in [-0.1, -0.05) is 112 Å². The second-order valence-electron chi connectivity index (χ2n) is 12.9. The fraction of sp³-hybridized carbons (Fsp3) is 0.514. The number of aliphatic hydroxyl groups excluding tert-OH is 2. The number of hydrogen-bond donors (Lipinski definition) is 2. The summed E-state index contributed by atoms with van der Waals surface area (Å²) in [4.78, 5) is 5.09. The third kappa shape index (κ3) is 7.23. The van der Waals surface area contributed by atoms with Crippen LogP contribution in [0.5, 0.6) is 0 Å². The van der Waals surface area contributed by atoms with Gasteiger partial charge in [-0.05, 0) is 67.2 Å². The van der Waals surface area contributed by atoms with Gasteiger partial charge in [0.15, 0.2) is 0 Å². The summed E-state index contributed by atoms with van der Waals surface area (Å²) >= 11 is 3.89. The standard InChI is InChI=1S/C37H51BrN2O2/c1-36(2)30-17-9-11-19-32(30)39(25-13-5-7-15-27-41)34(36)23-21-29(38)22-24-35-37(3,4)31-18-10-12-20-33(31)40(35)26-14-6-8-16-28-42/h9-12,17-24,34,41-42H,5-8,13-16,25-28H2,1-4H3. The molecule has 4 nitrogen and oxygen atoms in total. The molecule has 0 fully saturated rings. The van der Waals surface area contributed by atoms with E-state index in [2.05, 4.69) is 126 Å². The molecule has 5 heteroatoms. The van der Waals surface area contributed by atoms with E-state index in [1.54, 1.807) is 0 Å². The van der Waals surface area contributed by atoms with Gasteiger partial charge in [-0.3, -0.25) is 0 Å². The second-order valence-corrected chi connectivity index (χ2v) is 13.8. The Morgan fingerprint density at radius 1 is 0.762 bits per heavy atom. The molecule has 2 aromatic carbocycles. The molecule has 0 amide bonds. The van der Waals surface area contributed by atoms with E-state index in [1.165, 1.54) is 28.2 Å². The highest BCUT2D eigenvalue weighted by Gasteiger charge is 2.42. The zero-order valence-electron chi connectivity index (χ0n) is 26.2. The Morgan fingerprint density at radius 2 is 1.33 bits per heavy atom. The van der Waals surface area contributed by atoms with Crippen molar-refractivity contribution in [3.63, 3.8) is 0 Å². The fourth-order valence-corrected chi connectivity index (χ4v) is 7.12. The van der Waals surface area contributed by atoms with Crippen LogP contribution in [-0.4, -0.2) is 42.6 Å². The van der Waals surface area contributed by atoms with Crippen LogP contribution >= 0.6 is 15.9 Å². The number of unbranched alkanes of at least 4 members (excludes halogenated alkanes) is 6. The predicted octanol–water partition coefficient (Wildman–Crippen LogP) is 8.77. The summed E-state index contributed by atoms with van der Waals surface area (Å²) in [6.45, 7) is 12.0. The second kappa shape index (κ2) is 14.9. The lowest BCUT2D eigenvalue weighted by atomic mass is 9.80. The zero-order chi connectivity index (χ0) is 30.2. The molecule has 228 valence electrons. The Bertz CT molecular complexity index is 1260. The Hall–Kier alpha value is -2.34. The van der Waals surface area contributed by atoms with Crippen molar-refractivity contribution in [2.24, 2.45) is 0 Å². The van der Waals surface area contributed by atoms with Gasteiger partial charge in [0.1, 0.15) is 0 Å². The van der Waals surface area contributed by atoms with Gasteiger partial charge in [0.2, 0.25) is 0 Å². The van der Waals surface area contributed by atoms with Crippen LogP contribution in [0.15, 0.2) is 83.0 Å². The Labute approximate surface area is 263 Å². The van der Waals surface area contributed by atoms with E-state index in [0.717, 1.165) is 68.9 Å². The van der Waals surface area contributed by atoms with E-state index < -0.39 is 0 Å². The van der Waals surface area contributed by atoms with Gasteiger partial charge in [-0.2, -0.15) is 0 Å². The Balaban J connectivity index is 1.54. The highest BCUT2D eigenvalue weighted by molar-refractivity contribution is 9.11. The maximum absolute atomic E-state index is 9.16. The molecule has 2 heterocycles. The van der Waals surface area contributed by atoms with E-state index in [4.69, 9.17) is 10.2 Å². The minimum atomic E-state index is -0.0723. The minimum Gasteiger partial charge on any atom is -0.396 e. The lowest BCUT2D eigenvalue weighted by Crippen LogP contribution is -2.40.